The van der Waals surface area contributed by atoms with Crippen LogP contribution in [0.2, 0.25) is 0 Å². The maximum Gasteiger partial charge on any atom is 0.134 e. The Morgan fingerprint density at radius 3 is 2.88 bits per heavy atom. The van der Waals surface area contributed by atoms with E-state index in [1.54, 1.807) is 11.3 Å². The van der Waals surface area contributed by atoms with Gasteiger partial charge in [0, 0.05) is 16.7 Å². The van der Waals surface area contributed by atoms with E-state index in [0.717, 1.165) is 34.7 Å². The number of nitrogens with zero attached hydrogens (tertiary/aromatic N) is 2. The van der Waals surface area contributed by atoms with Gasteiger partial charge in [0.05, 0.1) is 12.2 Å². The second kappa shape index (κ2) is 7.63. The summed E-state index contributed by atoms with van der Waals surface area (Å²) in [5.74, 6) is 1.32. The largest absolute Gasteiger partial charge is 0.493 e. The third kappa shape index (κ3) is 3.68. The number of fused-ring (bicyclic) bond motifs is 1. The summed E-state index contributed by atoms with van der Waals surface area (Å²) in [7, 11) is 0. The number of thiophene rings is 1. The molecule has 24 heavy (non-hydrogen) atoms. The Morgan fingerprint density at radius 2 is 2.08 bits per heavy atom. The predicted molar refractivity (Wildman–Crippen MR) is 99.7 cm³/mol. The van der Waals surface area contributed by atoms with E-state index in [9.17, 15) is 5.26 Å². The van der Waals surface area contributed by atoms with Gasteiger partial charge in [0.2, 0.25) is 0 Å². The van der Waals surface area contributed by atoms with E-state index in [4.69, 9.17) is 4.74 Å². The lowest BCUT2D eigenvalue weighted by atomic mass is 9.96. The van der Waals surface area contributed by atoms with E-state index >= 15 is 0 Å². The molecule has 3 nitrogen and oxygen atoms in total. The van der Waals surface area contributed by atoms with Crippen LogP contribution in [0, 0.1) is 17.2 Å². The van der Waals surface area contributed by atoms with E-state index < -0.39 is 0 Å². The van der Waals surface area contributed by atoms with Crippen LogP contribution < -0.4 is 4.74 Å². The molecule has 0 bridgehead atoms. The van der Waals surface area contributed by atoms with Crippen LogP contribution in [0.25, 0.3) is 0 Å². The zero-order valence-electron chi connectivity index (χ0n) is 14.2. The molecule has 0 aliphatic heterocycles. The first-order valence-electron chi connectivity index (χ1n) is 8.49. The molecule has 1 aliphatic carbocycles. The molecule has 1 aliphatic rings. The summed E-state index contributed by atoms with van der Waals surface area (Å²) >= 11 is 1.67. The fraction of sp³-hybridized carbons (Fsp3) is 0.400. The molecule has 3 rings (SSSR count). The van der Waals surface area contributed by atoms with E-state index in [1.807, 2.05) is 30.5 Å². The number of rotatable bonds is 5. The fourth-order valence-corrected chi connectivity index (χ4v) is 4.04. The fourth-order valence-electron chi connectivity index (χ4n) is 2.86. The molecule has 0 amide bonds. The van der Waals surface area contributed by atoms with Gasteiger partial charge in [-0.2, -0.15) is 5.26 Å². The maximum absolute atomic E-state index is 9.52. The van der Waals surface area contributed by atoms with E-state index in [2.05, 4.69) is 24.9 Å². The molecule has 0 N–H and O–H groups in total. The number of aryl methyl sites for hydroxylation is 1. The molecular formula is C20H22N2OS. The lowest BCUT2D eigenvalue weighted by molar-refractivity contribution is 0.271. The quantitative estimate of drug-likeness (QED) is 0.696. The summed E-state index contributed by atoms with van der Waals surface area (Å²) in [6.07, 6.45) is 6.31. The molecule has 4 heteroatoms. The third-order valence-corrected chi connectivity index (χ3v) is 5.28. The molecule has 1 aromatic carbocycles. The van der Waals surface area contributed by atoms with Crippen molar-refractivity contribution >= 4 is 22.6 Å². The Labute approximate surface area is 147 Å². The second-order valence-corrected chi connectivity index (χ2v) is 7.59. The molecule has 0 spiro atoms. The number of aliphatic imine (C=N–C) groups is 1. The summed E-state index contributed by atoms with van der Waals surface area (Å²) in [6, 6.07) is 10.3. The monoisotopic (exact) mass is 338 g/mol. The van der Waals surface area contributed by atoms with E-state index in [-0.39, 0.29) is 0 Å². The zero-order chi connectivity index (χ0) is 16.9. The number of ether oxygens (including phenoxy) is 1. The number of nitriles is 1. The number of hydrogen-bond acceptors (Lipinski definition) is 4. The highest BCUT2D eigenvalue weighted by molar-refractivity contribution is 7.16. The minimum atomic E-state index is 0.476. The van der Waals surface area contributed by atoms with Crippen LogP contribution in [0.5, 0.6) is 5.75 Å². The van der Waals surface area contributed by atoms with Crippen molar-refractivity contribution in [3.8, 4) is 11.8 Å². The first-order valence-corrected chi connectivity index (χ1v) is 9.31. The first kappa shape index (κ1) is 16.7. The molecule has 0 unspecified atom stereocenters. The highest BCUT2D eigenvalue weighted by atomic mass is 32.1. The van der Waals surface area contributed by atoms with Crippen LogP contribution in [-0.4, -0.2) is 12.8 Å². The van der Waals surface area contributed by atoms with Gasteiger partial charge in [-0.15, -0.1) is 11.3 Å². The van der Waals surface area contributed by atoms with E-state index in [0.29, 0.717) is 12.5 Å². The van der Waals surface area contributed by atoms with Gasteiger partial charge in [-0.05, 0) is 49.3 Å². The predicted octanol–water partition coefficient (Wildman–Crippen LogP) is 5.28. The second-order valence-electron chi connectivity index (χ2n) is 6.50. The molecule has 124 valence electrons. The van der Waals surface area contributed by atoms with Crippen LogP contribution in [0.15, 0.2) is 29.3 Å². The minimum Gasteiger partial charge on any atom is -0.493 e. The molecule has 0 saturated carbocycles. The van der Waals surface area contributed by atoms with Crippen molar-refractivity contribution in [2.75, 3.05) is 6.61 Å². The minimum absolute atomic E-state index is 0.476. The third-order valence-electron chi connectivity index (χ3n) is 4.08. The van der Waals surface area contributed by atoms with Gasteiger partial charge in [0.1, 0.15) is 16.8 Å². The first-order chi connectivity index (χ1) is 11.7. The van der Waals surface area contributed by atoms with Crippen molar-refractivity contribution < 1.29 is 4.74 Å². The Bertz CT molecular complexity index is 783. The Morgan fingerprint density at radius 1 is 1.29 bits per heavy atom. The van der Waals surface area contributed by atoms with Crippen LogP contribution in [-0.2, 0) is 12.8 Å². The van der Waals surface area contributed by atoms with Gasteiger partial charge >= 0.3 is 0 Å². The summed E-state index contributed by atoms with van der Waals surface area (Å²) < 4.78 is 5.87. The summed E-state index contributed by atoms with van der Waals surface area (Å²) in [5.41, 5.74) is 2.95. The van der Waals surface area contributed by atoms with Crippen molar-refractivity contribution in [1.82, 2.24) is 0 Å². The SMILES string of the molecule is CC(C)COc1ccccc1C=Nc1sc2c(c1C#N)CCCC2. The molecule has 0 atom stereocenters. The molecule has 0 radical (unpaired) electrons. The van der Waals surface area contributed by atoms with Crippen molar-refractivity contribution in [3.63, 3.8) is 0 Å². The van der Waals surface area contributed by atoms with Crippen LogP contribution in [0.1, 0.15) is 48.3 Å². The average molecular weight is 338 g/mol. The molecule has 0 saturated heterocycles. The number of hydrogen-bond donors (Lipinski definition) is 0. The van der Waals surface area contributed by atoms with Gasteiger partial charge < -0.3 is 4.74 Å². The lowest BCUT2D eigenvalue weighted by Gasteiger charge is -2.10. The molecule has 0 fully saturated rings. The van der Waals surface area contributed by atoms with Crippen LogP contribution >= 0.6 is 11.3 Å². The Kier molecular flexibility index (Phi) is 5.32. The van der Waals surface area contributed by atoms with Gasteiger partial charge in [-0.3, -0.25) is 0 Å². The highest BCUT2D eigenvalue weighted by Crippen LogP contribution is 2.39. The van der Waals surface area contributed by atoms with Gasteiger partial charge in [-0.25, -0.2) is 4.99 Å². The van der Waals surface area contributed by atoms with Crippen LogP contribution in [0.4, 0.5) is 5.00 Å². The topological polar surface area (TPSA) is 45.4 Å². The standard InChI is InChI=1S/C20H22N2OS/c1-14(2)13-23-18-9-5-3-7-15(18)12-22-20-17(11-21)16-8-4-6-10-19(16)24-20/h3,5,7,9,12,14H,4,6,8,10,13H2,1-2H3. The molecule has 1 aromatic heterocycles. The van der Waals surface area contributed by atoms with Crippen molar-refractivity contribution in [1.29, 1.82) is 5.26 Å². The number of benzene rings is 1. The maximum atomic E-state index is 9.52. The van der Waals surface area contributed by atoms with Gasteiger partial charge in [0.15, 0.2) is 0 Å². The molecule has 1 heterocycles. The van der Waals surface area contributed by atoms with E-state index in [1.165, 1.54) is 23.3 Å². The van der Waals surface area contributed by atoms with Crippen molar-refractivity contribution in [3.05, 3.63) is 45.8 Å². The molecular weight excluding hydrogens is 316 g/mol. The lowest BCUT2D eigenvalue weighted by Crippen LogP contribution is -2.05. The summed E-state index contributed by atoms with van der Waals surface area (Å²) in [4.78, 5) is 5.97. The Balaban J connectivity index is 1.87. The van der Waals surface area contributed by atoms with Crippen molar-refractivity contribution in [2.45, 2.75) is 39.5 Å². The Hall–Kier alpha value is -2.12. The van der Waals surface area contributed by atoms with Gasteiger partial charge in [-0.1, -0.05) is 26.0 Å². The smallest absolute Gasteiger partial charge is 0.134 e. The van der Waals surface area contributed by atoms with Crippen molar-refractivity contribution in [2.24, 2.45) is 10.9 Å². The highest BCUT2D eigenvalue weighted by Gasteiger charge is 2.20. The zero-order valence-corrected chi connectivity index (χ0v) is 15.0. The summed E-state index contributed by atoms with van der Waals surface area (Å²) in [5, 5.41) is 10.4. The van der Waals surface area contributed by atoms with Crippen LogP contribution in [0.3, 0.4) is 0 Å². The summed E-state index contributed by atoms with van der Waals surface area (Å²) in [6.45, 7) is 4.94. The average Bonchev–Trinajstić information content (AvgIpc) is 2.96. The van der Waals surface area contributed by atoms with Gasteiger partial charge in [0.25, 0.3) is 0 Å². The number of para-hydroxylation sites is 1. The molecule has 2 aromatic rings. The normalized spacial score (nSPS) is 13.9.